The third-order valence-electron chi connectivity index (χ3n) is 4.98. The number of fused-ring (bicyclic) bond motifs is 1. The van der Waals surface area contributed by atoms with Crippen molar-refractivity contribution in [2.75, 3.05) is 24.3 Å². The molecule has 154 valence electrons. The zero-order chi connectivity index (χ0) is 21.1. The Labute approximate surface area is 179 Å². The average Bonchev–Trinajstić information content (AvgIpc) is 3.19. The number of carbonyl (C=O) groups excluding carboxylic acids is 2. The number of methoxy groups -OCH3 is 1. The van der Waals surface area contributed by atoms with Crippen molar-refractivity contribution in [1.82, 2.24) is 14.9 Å². The average molecular weight is 423 g/mol. The van der Waals surface area contributed by atoms with Gasteiger partial charge in [0.25, 0.3) is 0 Å². The number of hydrogen-bond acceptors (Lipinski definition) is 5. The molecule has 2 aromatic carbocycles. The van der Waals surface area contributed by atoms with Crippen molar-refractivity contribution in [3.8, 4) is 5.75 Å². The molecule has 8 heteroatoms. The van der Waals surface area contributed by atoms with Crippen molar-refractivity contribution in [2.45, 2.75) is 10.9 Å². The predicted octanol–water partition coefficient (Wildman–Crippen LogP) is 2.77. The Kier molecular flexibility index (Phi) is 5.76. The molecule has 0 saturated carbocycles. The summed E-state index contributed by atoms with van der Waals surface area (Å²) in [5.41, 5.74) is 1.56. The van der Waals surface area contributed by atoms with Gasteiger partial charge in [0.15, 0.2) is 0 Å². The number of rotatable bonds is 6. The summed E-state index contributed by atoms with van der Waals surface area (Å²) in [6.07, 6.45) is 3.51. The lowest BCUT2D eigenvalue weighted by molar-refractivity contribution is -0.123. The van der Waals surface area contributed by atoms with Gasteiger partial charge in [-0.15, -0.1) is 11.8 Å². The maximum atomic E-state index is 13.1. The molecule has 0 saturated heterocycles. The van der Waals surface area contributed by atoms with Gasteiger partial charge in [-0.3, -0.25) is 9.59 Å². The van der Waals surface area contributed by atoms with Crippen LogP contribution >= 0.6 is 11.8 Å². The lowest BCUT2D eigenvalue weighted by atomic mass is 10.0. The van der Waals surface area contributed by atoms with E-state index < -0.39 is 6.04 Å². The molecule has 1 unspecified atom stereocenters. The highest BCUT2D eigenvalue weighted by Crippen LogP contribution is 2.35. The standard InChI is InChI=1S/C22H22N4O3S/c1-25-12-11-23-22(25)21(15-7-3-5-9-17(15)29-2)24-19(27)13-26-16-8-4-6-10-18(16)30-14-20(26)28/h3-12,21H,13-14H2,1-2H3,(H,24,27). The van der Waals surface area contributed by atoms with E-state index in [0.717, 1.165) is 16.1 Å². The largest absolute Gasteiger partial charge is 0.496 e. The third kappa shape index (κ3) is 3.91. The molecule has 30 heavy (non-hydrogen) atoms. The lowest BCUT2D eigenvalue weighted by Crippen LogP contribution is -2.44. The molecule has 4 rings (SSSR count). The minimum absolute atomic E-state index is 0.0630. The molecule has 1 aromatic heterocycles. The SMILES string of the molecule is COc1ccccc1C(NC(=O)CN1C(=O)CSc2ccccc21)c1nccn1C. The van der Waals surface area contributed by atoms with E-state index in [-0.39, 0.29) is 18.4 Å². The van der Waals surface area contributed by atoms with Crippen LogP contribution in [0.1, 0.15) is 17.4 Å². The van der Waals surface area contributed by atoms with Crippen molar-refractivity contribution in [3.05, 3.63) is 72.3 Å². The Hall–Kier alpha value is -3.26. The number of hydrogen-bond donors (Lipinski definition) is 1. The second-order valence-electron chi connectivity index (χ2n) is 6.88. The third-order valence-corrected chi connectivity index (χ3v) is 6.03. The fourth-order valence-corrected chi connectivity index (χ4v) is 4.45. The zero-order valence-electron chi connectivity index (χ0n) is 16.7. The van der Waals surface area contributed by atoms with Crippen LogP contribution in [0, 0.1) is 0 Å². The number of nitrogens with zero attached hydrogens (tertiary/aromatic N) is 3. The van der Waals surface area contributed by atoms with Gasteiger partial charge in [0.05, 0.1) is 18.6 Å². The molecule has 0 aliphatic carbocycles. The monoisotopic (exact) mass is 422 g/mol. The molecule has 0 spiro atoms. The van der Waals surface area contributed by atoms with E-state index in [2.05, 4.69) is 10.3 Å². The summed E-state index contributed by atoms with van der Waals surface area (Å²) in [7, 11) is 3.47. The van der Waals surface area contributed by atoms with Gasteiger partial charge in [-0.05, 0) is 18.2 Å². The number of thioether (sulfide) groups is 1. The summed E-state index contributed by atoms with van der Waals surface area (Å²) in [4.78, 5) is 32.6. The second kappa shape index (κ2) is 8.62. The van der Waals surface area contributed by atoms with E-state index >= 15 is 0 Å². The molecule has 0 fully saturated rings. The van der Waals surface area contributed by atoms with Crippen LogP contribution in [0.3, 0.4) is 0 Å². The molecule has 0 bridgehead atoms. The first-order valence-corrected chi connectivity index (χ1v) is 10.5. The van der Waals surface area contributed by atoms with E-state index in [0.29, 0.717) is 17.3 Å². The van der Waals surface area contributed by atoms with Gasteiger partial charge in [-0.2, -0.15) is 0 Å². The van der Waals surface area contributed by atoms with Gasteiger partial charge in [-0.1, -0.05) is 30.3 Å². The number of aromatic nitrogens is 2. The Balaban J connectivity index is 1.62. The Bertz CT molecular complexity index is 1080. The Morgan fingerprint density at radius 3 is 2.77 bits per heavy atom. The van der Waals surface area contributed by atoms with Gasteiger partial charge in [0.2, 0.25) is 11.8 Å². The van der Waals surface area contributed by atoms with E-state index in [4.69, 9.17) is 4.74 Å². The van der Waals surface area contributed by atoms with Crippen molar-refractivity contribution < 1.29 is 14.3 Å². The van der Waals surface area contributed by atoms with Crippen LogP contribution in [0.15, 0.2) is 65.8 Å². The van der Waals surface area contributed by atoms with E-state index in [1.165, 1.54) is 11.8 Å². The summed E-state index contributed by atoms with van der Waals surface area (Å²) in [6, 6.07) is 14.6. The van der Waals surface area contributed by atoms with Gasteiger partial charge < -0.3 is 19.5 Å². The number of para-hydroxylation sites is 2. The molecule has 0 radical (unpaired) electrons. The Morgan fingerprint density at radius 1 is 1.23 bits per heavy atom. The van der Waals surface area contributed by atoms with Crippen LogP contribution in [0.4, 0.5) is 5.69 Å². The van der Waals surface area contributed by atoms with Gasteiger partial charge >= 0.3 is 0 Å². The topological polar surface area (TPSA) is 76.5 Å². The summed E-state index contributed by atoms with van der Waals surface area (Å²) < 4.78 is 7.36. The fraction of sp³-hybridized carbons (Fsp3) is 0.227. The molecule has 2 heterocycles. The van der Waals surface area contributed by atoms with Gasteiger partial charge in [0.1, 0.15) is 24.2 Å². The van der Waals surface area contributed by atoms with E-state index in [1.807, 2.05) is 66.3 Å². The van der Waals surface area contributed by atoms with E-state index in [1.54, 1.807) is 18.2 Å². The molecule has 1 N–H and O–H groups in total. The lowest BCUT2D eigenvalue weighted by Gasteiger charge is -2.29. The maximum absolute atomic E-state index is 13.1. The number of nitrogens with one attached hydrogen (secondary N) is 1. The summed E-state index contributed by atoms with van der Waals surface area (Å²) >= 11 is 1.49. The van der Waals surface area contributed by atoms with Crippen molar-refractivity contribution in [2.24, 2.45) is 7.05 Å². The first kappa shape index (κ1) is 20.0. The highest BCUT2D eigenvalue weighted by molar-refractivity contribution is 8.00. The van der Waals surface area contributed by atoms with Crippen molar-refractivity contribution >= 4 is 29.3 Å². The summed E-state index contributed by atoms with van der Waals surface area (Å²) in [5.74, 6) is 1.29. The molecular formula is C22H22N4O3S. The molecule has 3 aromatic rings. The van der Waals surface area contributed by atoms with Gasteiger partial charge in [-0.25, -0.2) is 4.98 Å². The van der Waals surface area contributed by atoms with Crippen LogP contribution < -0.4 is 15.0 Å². The van der Waals surface area contributed by atoms with Crippen LogP contribution in [0.25, 0.3) is 0 Å². The first-order valence-electron chi connectivity index (χ1n) is 9.50. The molecule has 1 aliphatic rings. The smallest absolute Gasteiger partial charge is 0.240 e. The van der Waals surface area contributed by atoms with Crippen LogP contribution in [-0.2, 0) is 16.6 Å². The number of benzene rings is 2. The fourth-order valence-electron chi connectivity index (χ4n) is 3.52. The number of imidazole rings is 1. The first-order chi connectivity index (χ1) is 14.6. The quantitative estimate of drug-likeness (QED) is 0.661. The van der Waals surface area contributed by atoms with Crippen LogP contribution in [-0.4, -0.2) is 40.8 Å². The second-order valence-corrected chi connectivity index (χ2v) is 7.89. The Morgan fingerprint density at radius 2 is 2.00 bits per heavy atom. The van der Waals surface area contributed by atoms with Crippen molar-refractivity contribution in [3.63, 3.8) is 0 Å². The predicted molar refractivity (Wildman–Crippen MR) is 116 cm³/mol. The van der Waals surface area contributed by atoms with E-state index in [9.17, 15) is 9.59 Å². The van der Waals surface area contributed by atoms with Crippen LogP contribution in [0.2, 0.25) is 0 Å². The number of carbonyl (C=O) groups is 2. The zero-order valence-corrected chi connectivity index (χ0v) is 17.6. The number of aryl methyl sites for hydroxylation is 1. The molecular weight excluding hydrogens is 400 g/mol. The summed E-state index contributed by atoms with van der Waals surface area (Å²) in [6.45, 7) is -0.0630. The minimum atomic E-state index is -0.516. The number of anilines is 1. The molecule has 1 aliphatic heterocycles. The highest BCUT2D eigenvalue weighted by atomic mass is 32.2. The highest BCUT2D eigenvalue weighted by Gasteiger charge is 2.29. The number of amides is 2. The molecule has 7 nitrogen and oxygen atoms in total. The maximum Gasteiger partial charge on any atom is 0.240 e. The summed E-state index contributed by atoms with van der Waals surface area (Å²) in [5, 5.41) is 3.05. The van der Waals surface area contributed by atoms with Crippen LogP contribution in [0.5, 0.6) is 5.75 Å². The minimum Gasteiger partial charge on any atom is -0.496 e. The van der Waals surface area contributed by atoms with Gasteiger partial charge in [0, 0.05) is 29.9 Å². The molecule has 2 amide bonds. The van der Waals surface area contributed by atoms with Crippen molar-refractivity contribution in [1.29, 1.82) is 0 Å². The molecule has 1 atom stereocenters. The normalized spacial score (nSPS) is 14.2. The number of ether oxygens (including phenoxy) is 1.